The highest BCUT2D eigenvalue weighted by Gasteiger charge is 2.33. The lowest BCUT2D eigenvalue weighted by molar-refractivity contribution is -0.139. The van der Waals surface area contributed by atoms with Gasteiger partial charge >= 0.3 is 5.97 Å². The molecule has 2 N–H and O–H groups in total. The normalized spacial score (nSPS) is 13.8. The summed E-state index contributed by atoms with van der Waals surface area (Å²) >= 11 is 0. The first-order valence-corrected chi connectivity index (χ1v) is 7.80. The Balaban J connectivity index is 2.03. The van der Waals surface area contributed by atoms with E-state index in [2.05, 4.69) is 5.32 Å². The summed E-state index contributed by atoms with van der Waals surface area (Å²) in [7, 11) is 0. The van der Waals surface area contributed by atoms with Crippen molar-refractivity contribution in [3.05, 3.63) is 35.4 Å². The zero-order valence-electron chi connectivity index (χ0n) is 13.5. The van der Waals surface area contributed by atoms with E-state index in [0.717, 1.165) is 5.56 Å². The monoisotopic (exact) mass is 318 g/mol. The molecular weight excluding hydrogens is 296 g/mol. The summed E-state index contributed by atoms with van der Waals surface area (Å²) in [5, 5.41) is 11.9. The number of nitrogens with zero attached hydrogens (tertiary/aromatic N) is 1. The van der Waals surface area contributed by atoms with Gasteiger partial charge in [-0.05, 0) is 24.5 Å². The molecule has 0 atom stereocenters. The van der Waals surface area contributed by atoms with E-state index < -0.39 is 11.5 Å². The Kier molecular flexibility index (Phi) is 5.03. The van der Waals surface area contributed by atoms with Gasteiger partial charge in [0.05, 0.1) is 12.0 Å². The predicted octanol–water partition coefficient (Wildman–Crippen LogP) is 1.79. The molecule has 1 aliphatic rings. The van der Waals surface area contributed by atoms with Gasteiger partial charge in [-0.3, -0.25) is 14.4 Å². The van der Waals surface area contributed by atoms with Gasteiger partial charge in [0, 0.05) is 12.1 Å². The largest absolute Gasteiger partial charge is 0.481 e. The molecule has 0 saturated carbocycles. The quantitative estimate of drug-likeness (QED) is 0.802. The van der Waals surface area contributed by atoms with Crippen LogP contribution in [-0.4, -0.2) is 39.9 Å². The van der Waals surface area contributed by atoms with E-state index in [-0.39, 0.29) is 24.8 Å². The van der Waals surface area contributed by atoms with Gasteiger partial charge in [0.1, 0.15) is 6.54 Å². The average molecular weight is 318 g/mol. The van der Waals surface area contributed by atoms with Crippen molar-refractivity contribution in [1.29, 1.82) is 0 Å². The molecule has 0 radical (unpaired) electrons. The van der Waals surface area contributed by atoms with E-state index in [4.69, 9.17) is 5.11 Å². The highest BCUT2D eigenvalue weighted by atomic mass is 16.4. The summed E-state index contributed by atoms with van der Waals surface area (Å²) in [5.41, 5.74) is 0.773. The molecule has 1 aliphatic heterocycles. The van der Waals surface area contributed by atoms with Crippen LogP contribution in [0.1, 0.15) is 49.0 Å². The van der Waals surface area contributed by atoms with Gasteiger partial charge in [0.2, 0.25) is 5.91 Å². The SMILES string of the molecule is CCC(CC)(CC(=O)O)NC(=O)CN1Cc2ccccc2C1=O. The minimum atomic E-state index is -0.946. The van der Waals surface area contributed by atoms with Crippen LogP contribution in [-0.2, 0) is 16.1 Å². The van der Waals surface area contributed by atoms with E-state index >= 15 is 0 Å². The molecule has 0 saturated heterocycles. The molecule has 0 unspecified atom stereocenters. The molecule has 0 aromatic heterocycles. The predicted molar refractivity (Wildman–Crippen MR) is 84.9 cm³/mol. The lowest BCUT2D eigenvalue weighted by Crippen LogP contribution is -2.52. The third kappa shape index (κ3) is 3.70. The number of hydrogen-bond donors (Lipinski definition) is 2. The molecule has 0 fully saturated rings. The van der Waals surface area contributed by atoms with E-state index in [9.17, 15) is 14.4 Å². The van der Waals surface area contributed by atoms with Crippen LogP contribution in [0.5, 0.6) is 0 Å². The molecule has 2 amide bonds. The van der Waals surface area contributed by atoms with Crippen LogP contribution in [0.25, 0.3) is 0 Å². The maximum absolute atomic E-state index is 12.3. The molecule has 0 aliphatic carbocycles. The Morgan fingerprint density at radius 1 is 1.26 bits per heavy atom. The zero-order chi connectivity index (χ0) is 17.0. The Bertz CT molecular complexity index is 623. The molecule has 1 aromatic carbocycles. The van der Waals surface area contributed by atoms with E-state index in [1.807, 2.05) is 26.0 Å². The number of carboxylic acids is 1. The number of nitrogens with one attached hydrogen (secondary N) is 1. The average Bonchev–Trinajstić information content (AvgIpc) is 2.82. The van der Waals surface area contributed by atoms with Gasteiger partial charge in [0.25, 0.3) is 5.91 Å². The van der Waals surface area contributed by atoms with Crippen molar-refractivity contribution in [3.63, 3.8) is 0 Å². The second-order valence-corrected chi connectivity index (χ2v) is 5.92. The summed E-state index contributed by atoms with van der Waals surface area (Å²) in [6.45, 7) is 4.05. The first kappa shape index (κ1) is 17.0. The van der Waals surface area contributed by atoms with Crippen molar-refractivity contribution in [3.8, 4) is 0 Å². The third-order valence-corrected chi connectivity index (χ3v) is 4.48. The van der Waals surface area contributed by atoms with Crippen LogP contribution in [0.15, 0.2) is 24.3 Å². The zero-order valence-corrected chi connectivity index (χ0v) is 13.5. The number of carboxylic acid groups (broad SMARTS) is 1. The van der Waals surface area contributed by atoms with Crippen LogP contribution in [0.2, 0.25) is 0 Å². The highest BCUT2D eigenvalue weighted by Crippen LogP contribution is 2.23. The number of benzene rings is 1. The maximum atomic E-state index is 12.3. The van der Waals surface area contributed by atoms with Crippen molar-refractivity contribution >= 4 is 17.8 Å². The van der Waals surface area contributed by atoms with Crippen molar-refractivity contribution in [2.24, 2.45) is 0 Å². The van der Waals surface area contributed by atoms with Crippen LogP contribution in [0.3, 0.4) is 0 Å². The molecule has 23 heavy (non-hydrogen) atoms. The molecular formula is C17H22N2O4. The summed E-state index contributed by atoms with van der Waals surface area (Å²) in [5.74, 6) is -1.43. The maximum Gasteiger partial charge on any atom is 0.305 e. The van der Waals surface area contributed by atoms with E-state index in [1.165, 1.54) is 4.90 Å². The smallest absolute Gasteiger partial charge is 0.305 e. The van der Waals surface area contributed by atoms with Crippen LogP contribution < -0.4 is 5.32 Å². The van der Waals surface area contributed by atoms with Gasteiger partial charge in [-0.15, -0.1) is 0 Å². The van der Waals surface area contributed by atoms with Gasteiger partial charge in [-0.25, -0.2) is 0 Å². The molecule has 6 heteroatoms. The first-order valence-electron chi connectivity index (χ1n) is 7.80. The van der Waals surface area contributed by atoms with E-state index in [1.54, 1.807) is 12.1 Å². The first-order chi connectivity index (χ1) is 10.9. The summed E-state index contributed by atoms with van der Waals surface area (Å²) in [4.78, 5) is 37.1. The Morgan fingerprint density at radius 3 is 2.48 bits per heavy atom. The fraction of sp³-hybridized carbons (Fsp3) is 0.471. The summed E-state index contributed by atoms with van der Waals surface area (Å²) in [6, 6.07) is 7.29. The molecule has 0 bridgehead atoms. The van der Waals surface area contributed by atoms with Crippen molar-refractivity contribution in [2.75, 3.05) is 6.54 Å². The third-order valence-electron chi connectivity index (χ3n) is 4.48. The molecule has 1 heterocycles. The number of aliphatic carboxylic acids is 1. The number of fused-ring (bicyclic) bond motifs is 1. The molecule has 124 valence electrons. The van der Waals surface area contributed by atoms with E-state index in [0.29, 0.717) is 24.9 Å². The molecule has 0 spiro atoms. The number of carbonyl (C=O) groups is 3. The second-order valence-electron chi connectivity index (χ2n) is 5.92. The van der Waals surface area contributed by atoms with Crippen LogP contribution in [0.4, 0.5) is 0 Å². The number of amides is 2. The fourth-order valence-electron chi connectivity index (χ4n) is 2.96. The van der Waals surface area contributed by atoms with Gasteiger partial charge in [-0.1, -0.05) is 32.0 Å². The second kappa shape index (κ2) is 6.81. The molecule has 2 rings (SSSR count). The van der Waals surface area contributed by atoms with Gasteiger partial charge < -0.3 is 15.3 Å². The highest BCUT2D eigenvalue weighted by molar-refractivity contribution is 6.00. The van der Waals surface area contributed by atoms with Gasteiger partial charge in [0.15, 0.2) is 0 Å². The van der Waals surface area contributed by atoms with Crippen molar-refractivity contribution < 1.29 is 19.5 Å². The fourth-order valence-corrected chi connectivity index (χ4v) is 2.96. The summed E-state index contributed by atoms with van der Waals surface area (Å²) < 4.78 is 0. The van der Waals surface area contributed by atoms with Gasteiger partial charge in [-0.2, -0.15) is 0 Å². The standard InChI is InChI=1S/C17H22N2O4/c1-3-17(4-2,9-15(21)22)18-14(20)11-19-10-12-7-5-6-8-13(12)16(19)23/h5-8H,3-4,9-11H2,1-2H3,(H,18,20)(H,21,22). The molecule has 1 aromatic rings. The Labute approximate surface area is 135 Å². The minimum Gasteiger partial charge on any atom is -0.481 e. The Hall–Kier alpha value is -2.37. The Morgan fingerprint density at radius 2 is 1.91 bits per heavy atom. The topological polar surface area (TPSA) is 86.7 Å². The summed E-state index contributed by atoms with van der Waals surface area (Å²) in [6.07, 6.45) is 0.922. The van der Waals surface area contributed by atoms with Crippen LogP contribution >= 0.6 is 0 Å². The number of carbonyl (C=O) groups excluding carboxylic acids is 2. The number of rotatable bonds is 7. The van der Waals surface area contributed by atoms with Crippen molar-refractivity contribution in [2.45, 2.75) is 45.2 Å². The lowest BCUT2D eigenvalue weighted by atomic mass is 9.89. The van der Waals surface area contributed by atoms with Crippen molar-refractivity contribution in [1.82, 2.24) is 10.2 Å². The minimum absolute atomic E-state index is 0.0606. The van der Waals surface area contributed by atoms with Crippen LogP contribution in [0, 0.1) is 0 Å². The lowest BCUT2D eigenvalue weighted by Gasteiger charge is -2.32. The molecule has 6 nitrogen and oxygen atoms in total. The number of hydrogen-bond acceptors (Lipinski definition) is 3.